The molecule has 0 spiro atoms. The van der Waals surface area contributed by atoms with Crippen LogP contribution in [0.4, 0.5) is 0 Å². The fourth-order valence-electron chi connectivity index (χ4n) is 1.64. The fourth-order valence-corrected chi connectivity index (χ4v) is 1.64. The van der Waals surface area contributed by atoms with Gasteiger partial charge in [-0.3, -0.25) is 4.68 Å². The summed E-state index contributed by atoms with van der Waals surface area (Å²) in [7, 11) is 3.97. The molecule has 0 aliphatic heterocycles. The minimum Gasteiger partial charge on any atom is -0.353 e. The van der Waals surface area contributed by atoms with Crippen LogP contribution in [-0.2, 0) is 27.1 Å². The topological polar surface area (TPSA) is 47.7 Å². The Hall–Kier alpha value is -1.62. The number of aromatic nitrogens is 4. The van der Waals surface area contributed by atoms with Crippen LogP contribution in [0.15, 0.2) is 24.7 Å². The van der Waals surface area contributed by atoms with Crippen LogP contribution in [0.3, 0.4) is 0 Å². The van der Waals surface area contributed by atoms with Gasteiger partial charge in [-0.05, 0) is 12.1 Å². The van der Waals surface area contributed by atoms with Gasteiger partial charge in [0.15, 0.2) is 0 Å². The van der Waals surface area contributed by atoms with Crippen LogP contribution in [0.1, 0.15) is 11.5 Å². The Bertz CT molecular complexity index is 400. The SMILES string of the molecule is Cn1cccc1CNCCc1ncnn1C. The van der Waals surface area contributed by atoms with Crippen LogP contribution >= 0.6 is 0 Å². The molecule has 0 atom stereocenters. The molecule has 5 nitrogen and oxygen atoms in total. The van der Waals surface area contributed by atoms with Gasteiger partial charge in [0.1, 0.15) is 12.2 Å². The van der Waals surface area contributed by atoms with Crippen LogP contribution in [0.25, 0.3) is 0 Å². The molecule has 5 heteroatoms. The van der Waals surface area contributed by atoms with Gasteiger partial charge in [0.2, 0.25) is 0 Å². The molecule has 0 amide bonds. The first kappa shape index (κ1) is 10.9. The molecule has 0 aliphatic carbocycles. The molecular weight excluding hydrogens is 202 g/mol. The second kappa shape index (κ2) is 4.94. The van der Waals surface area contributed by atoms with E-state index in [-0.39, 0.29) is 0 Å². The Kier molecular flexibility index (Phi) is 3.36. The summed E-state index contributed by atoms with van der Waals surface area (Å²) in [5.74, 6) is 1.01. The van der Waals surface area contributed by atoms with Gasteiger partial charge in [0.25, 0.3) is 0 Å². The first-order valence-corrected chi connectivity index (χ1v) is 5.41. The zero-order valence-electron chi connectivity index (χ0n) is 9.72. The minimum absolute atomic E-state index is 0.890. The summed E-state index contributed by atoms with van der Waals surface area (Å²) in [6, 6.07) is 4.18. The van der Waals surface area contributed by atoms with Crippen LogP contribution in [0.5, 0.6) is 0 Å². The molecule has 0 radical (unpaired) electrons. The first-order valence-electron chi connectivity index (χ1n) is 5.41. The highest BCUT2D eigenvalue weighted by atomic mass is 15.3. The molecule has 0 fully saturated rings. The lowest BCUT2D eigenvalue weighted by molar-refractivity contribution is 0.618. The molecule has 1 N–H and O–H groups in total. The van der Waals surface area contributed by atoms with Crippen molar-refractivity contribution in [1.82, 2.24) is 24.6 Å². The van der Waals surface area contributed by atoms with E-state index in [1.165, 1.54) is 5.69 Å². The number of hydrogen-bond donors (Lipinski definition) is 1. The van der Waals surface area contributed by atoms with Gasteiger partial charge in [-0.15, -0.1) is 0 Å². The Morgan fingerprint density at radius 1 is 1.38 bits per heavy atom. The molecular formula is C11H17N5. The largest absolute Gasteiger partial charge is 0.353 e. The second-order valence-electron chi connectivity index (χ2n) is 3.84. The summed E-state index contributed by atoms with van der Waals surface area (Å²) >= 11 is 0. The molecule has 0 aromatic carbocycles. The Morgan fingerprint density at radius 3 is 2.88 bits per heavy atom. The number of nitrogens with one attached hydrogen (secondary N) is 1. The summed E-state index contributed by atoms with van der Waals surface area (Å²) in [5.41, 5.74) is 1.29. The zero-order chi connectivity index (χ0) is 11.4. The van der Waals surface area contributed by atoms with Crippen molar-refractivity contribution in [3.8, 4) is 0 Å². The second-order valence-corrected chi connectivity index (χ2v) is 3.84. The summed E-state index contributed by atoms with van der Waals surface area (Å²) in [6.45, 7) is 1.80. The van der Waals surface area contributed by atoms with Crippen molar-refractivity contribution in [2.75, 3.05) is 6.54 Å². The van der Waals surface area contributed by atoms with Gasteiger partial charge in [0.05, 0.1) is 0 Å². The van der Waals surface area contributed by atoms with E-state index in [0.717, 1.165) is 25.3 Å². The van der Waals surface area contributed by atoms with E-state index in [1.807, 2.05) is 11.7 Å². The third-order valence-electron chi connectivity index (χ3n) is 2.69. The lowest BCUT2D eigenvalue weighted by Gasteiger charge is -2.05. The lowest BCUT2D eigenvalue weighted by Crippen LogP contribution is -2.19. The summed E-state index contributed by atoms with van der Waals surface area (Å²) in [4.78, 5) is 4.17. The van der Waals surface area contributed by atoms with E-state index >= 15 is 0 Å². The minimum atomic E-state index is 0.890. The van der Waals surface area contributed by atoms with Crippen molar-refractivity contribution in [2.24, 2.45) is 14.1 Å². The maximum atomic E-state index is 4.17. The molecule has 2 rings (SSSR count). The van der Waals surface area contributed by atoms with Crippen molar-refractivity contribution in [3.05, 3.63) is 36.2 Å². The van der Waals surface area contributed by atoms with Gasteiger partial charge in [0, 0.05) is 45.5 Å². The Labute approximate surface area is 95.1 Å². The number of aryl methyl sites for hydroxylation is 2. The van der Waals surface area contributed by atoms with Crippen LogP contribution in [-0.4, -0.2) is 25.9 Å². The van der Waals surface area contributed by atoms with Crippen molar-refractivity contribution in [1.29, 1.82) is 0 Å². The molecule has 0 saturated heterocycles. The van der Waals surface area contributed by atoms with Crippen molar-refractivity contribution < 1.29 is 0 Å². The van der Waals surface area contributed by atoms with E-state index in [2.05, 4.69) is 45.3 Å². The van der Waals surface area contributed by atoms with Gasteiger partial charge in [-0.1, -0.05) is 0 Å². The fraction of sp³-hybridized carbons (Fsp3) is 0.455. The van der Waals surface area contributed by atoms with Crippen molar-refractivity contribution in [3.63, 3.8) is 0 Å². The predicted molar refractivity (Wildman–Crippen MR) is 61.8 cm³/mol. The highest BCUT2D eigenvalue weighted by Crippen LogP contribution is 1.98. The van der Waals surface area contributed by atoms with Gasteiger partial charge in [-0.25, -0.2) is 4.98 Å². The van der Waals surface area contributed by atoms with Crippen molar-refractivity contribution >= 4 is 0 Å². The maximum absolute atomic E-state index is 4.17. The van der Waals surface area contributed by atoms with E-state index in [0.29, 0.717) is 0 Å². The molecule has 16 heavy (non-hydrogen) atoms. The predicted octanol–water partition coefficient (Wildman–Crippen LogP) is 0.486. The maximum Gasteiger partial charge on any atom is 0.138 e. The average molecular weight is 219 g/mol. The Morgan fingerprint density at radius 2 is 2.25 bits per heavy atom. The van der Waals surface area contributed by atoms with Crippen LogP contribution < -0.4 is 5.32 Å². The van der Waals surface area contributed by atoms with E-state index < -0.39 is 0 Å². The Balaban J connectivity index is 1.74. The highest BCUT2D eigenvalue weighted by Gasteiger charge is 2.00. The first-order chi connectivity index (χ1) is 7.77. The monoisotopic (exact) mass is 219 g/mol. The molecule has 0 unspecified atom stereocenters. The molecule has 2 heterocycles. The molecule has 0 bridgehead atoms. The van der Waals surface area contributed by atoms with Gasteiger partial charge >= 0.3 is 0 Å². The number of rotatable bonds is 5. The highest BCUT2D eigenvalue weighted by molar-refractivity contribution is 5.05. The molecule has 0 saturated carbocycles. The van der Waals surface area contributed by atoms with E-state index in [9.17, 15) is 0 Å². The average Bonchev–Trinajstić information content (AvgIpc) is 2.84. The quantitative estimate of drug-likeness (QED) is 0.744. The van der Waals surface area contributed by atoms with Gasteiger partial charge in [-0.2, -0.15) is 5.10 Å². The molecule has 2 aromatic rings. The van der Waals surface area contributed by atoms with E-state index in [4.69, 9.17) is 0 Å². The summed E-state index contributed by atoms with van der Waals surface area (Å²) < 4.78 is 3.93. The van der Waals surface area contributed by atoms with Gasteiger partial charge < -0.3 is 9.88 Å². The molecule has 86 valence electrons. The smallest absolute Gasteiger partial charge is 0.138 e. The number of nitrogens with zero attached hydrogens (tertiary/aromatic N) is 4. The lowest BCUT2D eigenvalue weighted by atomic mass is 10.3. The number of hydrogen-bond acceptors (Lipinski definition) is 3. The molecule has 2 aromatic heterocycles. The summed E-state index contributed by atoms with van der Waals surface area (Å²) in [5, 5.41) is 7.43. The van der Waals surface area contributed by atoms with Crippen molar-refractivity contribution in [2.45, 2.75) is 13.0 Å². The van der Waals surface area contributed by atoms with Crippen LogP contribution in [0, 0.1) is 0 Å². The standard InChI is InChI=1S/C11H17N5/c1-15-7-3-4-10(15)8-12-6-5-11-13-9-14-16(11)2/h3-4,7,9,12H,5-6,8H2,1-2H3. The third kappa shape index (κ3) is 2.49. The third-order valence-corrected chi connectivity index (χ3v) is 2.69. The normalized spacial score (nSPS) is 10.9. The summed E-state index contributed by atoms with van der Waals surface area (Å²) in [6.07, 6.45) is 4.55. The zero-order valence-corrected chi connectivity index (χ0v) is 9.72. The van der Waals surface area contributed by atoms with E-state index in [1.54, 1.807) is 6.33 Å². The van der Waals surface area contributed by atoms with Crippen LogP contribution in [0.2, 0.25) is 0 Å². The molecule has 0 aliphatic rings.